The number of rotatable bonds is 1. The summed E-state index contributed by atoms with van der Waals surface area (Å²) in [7, 11) is 0. The Morgan fingerprint density at radius 3 is 2.62 bits per heavy atom. The van der Waals surface area contributed by atoms with Crippen LogP contribution in [-0.2, 0) is 0 Å². The van der Waals surface area contributed by atoms with Crippen molar-refractivity contribution in [3.8, 4) is 5.13 Å². The molecule has 16 heavy (non-hydrogen) atoms. The zero-order valence-electron chi connectivity index (χ0n) is 8.44. The third kappa shape index (κ3) is 1.68. The fourth-order valence-corrected chi connectivity index (χ4v) is 1.98. The molecule has 0 aromatic carbocycles. The van der Waals surface area contributed by atoms with E-state index in [-0.39, 0.29) is 15.8 Å². The summed E-state index contributed by atoms with van der Waals surface area (Å²) in [5.74, 6) is 0.513. The number of aromatic nitrogens is 4. The molecule has 2 aromatic heterocycles. The SMILES string of the molecule is Cc1nsc(-n2c(=O)[nH]c(Cl)c(C)c2=O)n1. The van der Waals surface area contributed by atoms with Gasteiger partial charge in [-0.25, -0.2) is 14.3 Å². The standard InChI is InChI=1S/C8H7ClN4O2S/c1-3-5(9)11-7(15)13(6(3)14)8-10-4(2)12-16-8/h1-2H3,(H,11,15). The Kier molecular flexibility index (Phi) is 2.64. The van der Waals surface area contributed by atoms with Crippen LogP contribution in [0.5, 0.6) is 0 Å². The zero-order valence-corrected chi connectivity index (χ0v) is 10.0. The smallest absolute Gasteiger partial charge is 0.297 e. The molecule has 2 aromatic rings. The van der Waals surface area contributed by atoms with Gasteiger partial charge in [0, 0.05) is 11.5 Å². The Bertz CT molecular complexity index is 657. The van der Waals surface area contributed by atoms with Crippen molar-refractivity contribution in [3.63, 3.8) is 0 Å². The Morgan fingerprint density at radius 1 is 1.38 bits per heavy atom. The summed E-state index contributed by atoms with van der Waals surface area (Å²) in [4.78, 5) is 29.8. The van der Waals surface area contributed by atoms with E-state index in [1.165, 1.54) is 6.92 Å². The molecule has 0 bridgehead atoms. The lowest BCUT2D eigenvalue weighted by molar-refractivity contribution is 0.847. The highest BCUT2D eigenvalue weighted by Gasteiger charge is 2.13. The number of H-pyrrole nitrogens is 1. The number of nitrogens with one attached hydrogen (secondary N) is 1. The Hall–Kier alpha value is -1.47. The van der Waals surface area contributed by atoms with Crippen LogP contribution in [0.1, 0.15) is 11.4 Å². The maximum absolute atomic E-state index is 11.8. The molecular weight excluding hydrogens is 252 g/mol. The highest BCUT2D eigenvalue weighted by atomic mass is 35.5. The maximum Gasteiger partial charge on any atom is 0.336 e. The summed E-state index contributed by atoms with van der Waals surface area (Å²) in [6, 6.07) is 0. The molecule has 0 spiro atoms. The molecule has 0 atom stereocenters. The molecule has 0 radical (unpaired) electrons. The number of aromatic amines is 1. The lowest BCUT2D eigenvalue weighted by atomic mass is 10.4. The molecule has 8 heteroatoms. The van der Waals surface area contributed by atoms with Gasteiger partial charge in [-0.15, -0.1) is 0 Å². The van der Waals surface area contributed by atoms with Crippen molar-refractivity contribution in [2.24, 2.45) is 0 Å². The van der Waals surface area contributed by atoms with Crippen molar-refractivity contribution in [3.05, 3.63) is 37.4 Å². The first-order valence-corrected chi connectivity index (χ1v) is 5.48. The first kappa shape index (κ1) is 11.0. The fourth-order valence-electron chi connectivity index (χ4n) is 1.15. The average Bonchev–Trinajstić information content (AvgIpc) is 2.61. The van der Waals surface area contributed by atoms with Crippen molar-refractivity contribution in [1.29, 1.82) is 0 Å². The average molecular weight is 259 g/mol. The monoisotopic (exact) mass is 258 g/mol. The van der Waals surface area contributed by atoms with Gasteiger partial charge in [-0.1, -0.05) is 11.6 Å². The minimum atomic E-state index is -0.614. The predicted molar refractivity (Wildman–Crippen MR) is 60.6 cm³/mol. The molecule has 1 N–H and O–H groups in total. The second-order valence-corrected chi connectivity index (χ2v) is 4.24. The molecule has 0 unspecified atom stereocenters. The lowest BCUT2D eigenvalue weighted by Gasteiger charge is -2.01. The molecule has 0 fully saturated rings. The van der Waals surface area contributed by atoms with E-state index < -0.39 is 11.2 Å². The van der Waals surface area contributed by atoms with Crippen LogP contribution >= 0.6 is 23.1 Å². The van der Waals surface area contributed by atoms with E-state index in [1.54, 1.807) is 6.92 Å². The molecule has 0 saturated carbocycles. The molecule has 0 aliphatic carbocycles. The van der Waals surface area contributed by atoms with Crippen LogP contribution in [0.4, 0.5) is 0 Å². The summed E-state index contributed by atoms with van der Waals surface area (Å²) in [5.41, 5.74) is -0.823. The van der Waals surface area contributed by atoms with Crippen LogP contribution in [0, 0.1) is 13.8 Å². The third-order valence-electron chi connectivity index (χ3n) is 1.98. The van der Waals surface area contributed by atoms with E-state index in [4.69, 9.17) is 11.6 Å². The van der Waals surface area contributed by atoms with Gasteiger partial charge in [0.2, 0.25) is 5.13 Å². The molecule has 6 nitrogen and oxygen atoms in total. The number of aryl methyl sites for hydroxylation is 1. The second kappa shape index (κ2) is 3.84. The van der Waals surface area contributed by atoms with E-state index >= 15 is 0 Å². The van der Waals surface area contributed by atoms with Gasteiger partial charge in [0.1, 0.15) is 11.0 Å². The highest BCUT2D eigenvalue weighted by Crippen LogP contribution is 2.08. The van der Waals surface area contributed by atoms with Crippen LogP contribution in [0.25, 0.3) is 5.13 Å². The van der Waals surface area contributed by atoms with Crippen molar-refractivity contribution < 1.29 is 0 Å². The van der Waals surface area contributed by atoms with Gasteiger partial charge in [0.25, 0.3) is 5.56 Å². The lowest BCUT2D eigenvalue weighted by Crippen LogP contribution is -2.35. The molecule has 0 aliphatic heterocycles. The van der Waals surface area contributed by atoms with E-state index in [2.05, 4.69) is 14.3 Å². The fraction of sp³-hybridized carbons (Fsp3) is 0.250. The summed E-state index contributed by atoms with van der Waals surface area (Å²) in [6.07, 6.45) is 0. The quantitative estimate of drug-likeness (QED) is 0.762. The second-order valence-electron chi connectivity index (χ2n) is 3.13. The molecule has 84 valence electrons. The molecule has 0 saturated heterocycles. The molecule has 2 rings (SSSR count). The van der Waals surface area contributed by atoms with Gasteiger partial charge >= 0.3 is 5.69 Å². The summed E-state index contributed by atoms with van der Waals surface area (Å²) in [5, 5.41) is 0.288. The number of hydrogen-bond acceptors (Lipinski definition) is 5. The Labute approximate surface area is 98.7 Å². The molecule has 0 aliphatic rings. The normalized spacial score (nSPS) is 10.7. The van der Waals surface area contributed by atoms with Crippen LogP contribution in [0.3, 0.4) is 0 Å². The van der Waals surface area contributed by atoms with E-state index in [9.17, 15) is 9.59 Å². The van der Waals surface area contributed by atoms with E-state index in [0.717, 1.165) is 16.1 Å². The van der Waals surface area contributed by atoms with Crippen LogP contribution in [0.15, 0.2) is 9.59 Å². The third-order valence-corrected chi connectivity index (χ3v) is 3.15. The zero-order chi connectivity index (χ0) is 11.9. The topological polar surface area (TPSA) is 80.6 Å². The van der Waals surface area contributed by atoms with Crippen molar-refractivity contribution >= 4 is 23.1 Å². The predicted octanol–water partition coefficient (Wildman–Crippen LogP) is 0.648. The Morgan fingerprint density at radius 2 is 2.06 bits per heavy atom. The van der Waals surface area contributed by atoms with Gasteiger partial charge in [-0.05, 0) is 13.8 Å². The number of hydrogen-bond donors (Lipinski definition) is 1. The Balaban J connectivity index is 2.81. The number of halogens is 1. The van der Waals surface area contributed by atoms with Crippen LogP contribution in [0.2, 0.25) is 5.15 Å². The van der Waals surface area contributed by atoms with Crippen LogP contribution in [-0.4, -0.2) is 18.9 Å². The molecule has 2 heterocycles. The largest absolute Gasteiger partial charge is 0.336 e. The van der Waals surface area contributed by atoms with E-state index in [1.807, 2.05) is 0 Å². The van der Waals surface area contributed by atoms with Gasteiger partial charge < -0.3 is 0 Å². The summed E-state index contributed by atoms with van der Waals surface area (Å²) in [6.45, 7) is 3.22. The minimum absolute atomic E-state index is 0.0486. The van der Waals surface area contributed by atoms with Crippen LogP contribution < -0.4 is 11.2 Å². The van der Waals surface area contributed by atoms with E-state index in [0.29, 0.717) is 5.82 Å². The summed E-state index contributed by atoms with van der Waals surface area (Å²) < 4.78 is 4.83. The number of nitrogens with zero attached hydrogens (tertiary/aromatic N) is 3. The van der Waals surface area contributed by atoms with Gasteiger partial charge in [0.15, 0.2) is 0 Å². The van der Waals surface area contributed by atoms with Gasteiger partial charge in [0.05, 0.1) is 5.56 Å². The van der Waals surface area contributed by atoms with Gasteiger partial charge in [-0.2, -0.15) is 4.37 Å². The van der Waals surface area contributed by atoms with Gasteiger partial charge in [-0.3, -0.25) is 9.78 Å². The van der Waals surface area contributed by atoms with Crippen molar-refractivity contribution in [2.75, 3.05) is 0 Å². The molecular formula is C8H7ClN4O2S. The first-order valence-electron chi connectivity index (χ1n) is 4.33. The molecule has 0 amide bonds. The van der Waals surface area contributed by atoms with Crippen molar-refractivity contribution in [2.45, 2.75) is 13.8 Å². The highest BCUT2D eigenvalue weighted by molar-refractivity contribution is 7.08. The van der Waals surface area contributed by atoms with Crippen molar-refractivity contribution in [1.82, 2.24) is 18.9 Å². The minimum Gasteiger partial charge on any atom is -0.297 e. The maximum atomic E-state index is 11.8. The summed E-state index contributed by atoms with van der Waals surface area (Å²) >= 11 is 6.67. The first-order chi connectivity index (χ1) is 7.50.